The number of fused-ring (bicyclic) bond motifs is 5. The van der Waals surface area contributed by atoms with E-state index in [1.807, 2.05) is 0 Å². The van der Waals surface area contributed by atoms with Crippen LogP contribution in [-0.4, -0.2) is 59.9 Å². The average molecular weight is 424 g/mol. The van der Waals surface area contributed by atoms with Gasteiger partial charge in [-0.2, -0.15) is 0 Å². The summed E-state index contributed by atoms with van der Waals surface area (Å²) in [4.78, 5) is 30.1. The van der Waals surface area contributed by atoms with Gasteiger partial charge in [-0.3, -0.25) is 14.5 Å². The van der Waals surface area contributed by atoms with E-state index in [2.05, 4.69) is 33.3 Å². The standard InChI is InChI=1S/C25H33N3O3/c29-24-3-1-2-21-19-11-20(22(28(21)24)12-26-25(30)17-5-6-17)15-27(14-19)13-16-4-7-23-18(10-16)8-9-31-23/h4,7,10,17,19-22H,1-3,5-6,8-9,11-15H2,(H,26,30)/t19-,20+,21+,22+/m1/s1. The molecule has 2 amide bonds. The number of hydrogen-bond donors (Lipinski definition) is 1. The summed E-state index contributed by atoms with van der Waals surface area (Å²) in [5.41, 5.74) is 2.69. The number of nitrogens with zero attached hydrogens (tertiary/aromatic N) is 2. The molecule has 31 heavy (non-hydrogen) atoms. The lowest BCUT2D eigenvalue weighted by Gasteiger charge is -2.56. The van der Waals surface area contributed by atoms with Gasteiger partial charge in [0.1, 0.15) is 5.75 Å². The van der Waals surface area contributed by atoms with Crippen LogP contribution in [0.4, 0.5) is 0 Å². The minimum Gasteiger partial charge on any atom is -0.493 e. The molecule has 0 spiro atoms. The zero-order chi connectivity index (χ0) is 20.9. The lowest BCUT2D eigenvalue weighted by molar-refractivity contribution is -0.153. The van der Waals surface area contributed by atoms with Crippen LogP contribution in [0.15, 0.2) is 18.2 Å². The molecule has 0 unspecified atom stereocenters. The molecule has 0 radical (unpaired) electrons. The van der Waals surface area contributed by atoms with E-state index < -0.39 is 0 Å². The van der Waals surface area contributed by atoms with Crippen LogP contribution in [0.5, 0.6) is 5.75 Å². The van der Waals surface area contributed by atoms with Crippen molar-refractivity contribution in [3.05, 3.63) is 29.3 Å². The van der Waals surface area contributed by atoms with Gasteiger partial charge in [0, 0.05) is 51.0 Å². The van der Waals surface area contributed by atoms with Gasteiger partial charge in [-0.05, 0) is 61.1 Å². The molecule has 1 N–H and O–H groups in total. The van der Waals surface area contributed by atoms with Crippen molar-refractivity contribution in [1.29, 1.82) is 0 Å². The van der Waals surface area contributed by atoms with Gasteiger partial charge >= 0.3 is 0 Å². The Hall–Kier alpha value is -2.08. The molecule has 6 rings (SSSR count). The third-order valence-electron chi connectivity index (χ3n) is 8.17. The molecule has 4 heterocycles. The second kappa shape index (κ2) is 7.80. The smallest absolute Gasteiger partial charge is 0.223 e. The van der Waals surface area contributed by atoms with E-state index in [1.54, 1.807) is 0 Å². The van der Waals surface area contributed by atoms with Gasteiger partial charge < -0.3 is 15.0 Å². The molecule has 4 aliphatic heterocycles. The number of carbonyl (C=O) groups excluding carboxylic acids is 2. The molecule has 0 aromatic heterocycles. The Labute approximate surface area is 184 Å². The predicted molar refractivity (Wildman–Crippen MR) is 117 cm³/mol. The Balaban J connectivity index is 1.20. The summed E-state index contributed by atoms with van der Waals surface area (Å²) in [5.74, 6) is 2.75. The second-order valence-corrected chi connectivity index (χ2v) is 10.3. The fourth-order valence-electron chi connectivity index (χ4n) is 6.56. The number of rotatable bonds is 5. The molecule has 1 aliphatic carbocycles. The Morgan fingerprint density at radius 1 is 1.13 bits per heavy atom. The third kappa shape index (κ3) is 3.73. The zero-order valence-corrected chi connectivity index (χ0v) is 18.2. The summed E-state index contributed by atoms with van der Waals surface area (Å²) in [7, 11) is 0. The van der Waals surface area contributed by atoms with Crippen LogP contribution >= 0.6 is 0 Å². The summed E-state index contributed by atoms with van der Waals surface area (Å²) >= 11 is 0. The van der Waals surface area contributed by atoms with Crippen LogP contribution in [0.3, 0.4) is 0 Å². The van der Waals surface area contributed by atoms with Gasteiger partial charge in [0.05, 0.1) is 12.6 Å². The lowest BCUT2D eigenvalue weighted by Crippen LogP contribution is -2.67. The van der Waals surface area contributed by atoms with Crippen LogP contribution in [-0.2, 0) is 22.6 Å². The first-order valence-electron chi connectivity index (χ1n) is 12.2. The third-order valence-corrected chi connectivity index (χ3v) is 8.17. The molecule has 6 heteroatoms. The number of amides is 2. The minimum absolute atomic E-state index is 0.146. The van der Waals surface area contributed by atoms with Crippen LogP contribution in [0.1, 0.15) is 49.7 Å². The molecule has 4 fully saturated rings. The first-order valence-corrected chi connectivity index (χ1v) is 12.2. The maximum atomic E-state index is 12.9. The fraction of sp³-hybridized carbons (Fsp3) is 0.680. The van der Waals surface area contributed by atoms with Crippen molar-refractivity contribution in [2.24, 2.45) is 17.8 Å². The molecule has 6 nitrogen and oxygen atoms in total. The fourth-order valence-corrected chi connectivity index (χ4v) is 6.56. The Kier molecular flexibility index (Phi) is 4.93. The Morgan fingerprint density at radius 3 is 2.87 bits per heavy atom. The number of hydrogen-bond acceptors (Lipinski definition) is 4. The van der Waals surface area contributed by atoms with Gasteiger partial charge in [-0.1, -0.05) is 12.1 Å². The lowest BCUT2D eigenvalue weighted by atomic mass is 9.72. The van der Waals surface area contributed by atoms with Gasteiger partial charge in [-0.15, -0.1) is 0 Å². The predicted octanol–water partition coefficient (Wildman–Crippen LogP) is 2.35. The largest absolute Gasteiger partial charge is 0.493 e. The van der Waals surface area contributed by atoms with Crippen LogP contribution in [0.2, 0.25) is 0 Å². The molecular formula is C25H33N3O3. The highest BCUT2D eigenvalue weighted by Crippen LogP contribution is 2.42. The number of piperidine rings is 3. The monoisotopic (exact) mass is 423 g/mol. The quantitative estimate of drug-likeness (QED) is 0.790. The molecule has 1 aromatic carbocycles. The molecule has 166 valence electrons. The SMILES string of the molecule is O=C(NC[C@H]1[C@H]2C[C@H](CN(Cc3ccc4c(c3)CCO4)C2)[C@@H]2CCCC(=O)N21)C1CC1. The molecule has 2 bridgehead atoms. The van der Waals surface area contributed by atoms with Crippen molar-refractivity contribution in [2.45, 2.75) is 63.6 Å². The van der Waals surface area contributed by atoms with E-state index >= 15 is 0 Å². The summed E-state index contributed by atoms with van der Waals surface area (Å²) in [6, 6.07) is 7.14. The molecule has 3 saturated heterocycles. The number of ether oxygens (including phenoxy) is 1. The van der Waals surface area contributed by atoms with Crippen molar-refractivity contribution in [2.75, 3.05) is 26.2 Å². The Morgan fingerprint density at radius 2 is 2.00 bits per heavy atom. The molecular weight excluding hydrogens is 390 g/mol. The van der Waals surface area contributed by atoms with Crippen LogP contribution < -0.4 is 10.1 Å². The second-order valence-electron chi connectivity index (χ2n) is 10.3. The van der Waals surface area contributed by atoms with E-state index in [4.69, 9.17) is 4.74 Å². The average Bonchev–Trinajstić information content (AvgIpc) is 3.52. The van der Waals surface area contributed by atoms with E-state index in [-0.39, 0.29) is 17.9 Å². The van der Waals surface area contributed by atoms with E-state index in [0.29, 0.717) is 36.8 Å². The molecule has 1 saturated carbocycles. The highest BCUT2D eigenvalue weighted by atomic mass is 16.5. The maximum Gasteiger partial charge on any atom is 0.223 e. The molecule has 4 atom stereocenters. The first-order chi connectivity index (χ1) is 15.2. The van der Waals surface area contributed by atoms with Crippen molar-refractivity contribution >= 4 is 11.8 Å². The topological polar surface area (TPSA) is 61.9 Å². The number of benzene rings is 1. The van der Waals surface area contributed by atoms with Gasteiger partial charge in [0.15, 0.2) is 0 Å². The maximum absolute atomic E-state index is 12.9. The van der Waals surface area contributed by atoms with E-state index in [9.17, 15) is 9.59 Å². The molecule has 1 aromatic rings. The highest BCUT2D eigenvalue weighted by molar-refractivity contribution is 5.81. The number of nitrogens with one attached hydrogen (secondary N) is 1. The summed E-state index contributed by atoms with van der Waals surface area (Å²) in [6.07, 6.45) is 7.03. The van der Waals surface area contributed by atoms with Crippen LogP contribution in [0, 0.1) is 17.8 Å². The highest BCUT2D eigenvalue weighted by Gasteiger charge is 2.49. The van der Waals surface area contributed by atoms with Gasteiger partial charge in [0.25, 0.3) is 0 Å². The summed E-state index contributed by atoms with van der Waals surface area (Å²) in [6.45, 7) is 4.46. The molecule has 5 aliphatic rings. The normalized spacial score (nSPS) is 32.3. The first kappa shape index (κ1) is 19.6. The summed E-state index contributed by atoms with van der Waals surface area (Å²) < 4.78 is 5.67. The summed E-state index contributed by atoms with van der Waals surface area (Å²) in [5, 5.41) is 3.20. The van der Waals surface area contributed by atoms with Crippen molar-refractivity contribution in [3.63, 3.8) is 0 Å². The van der Waals surface area contributed by atoms with Crippen LogP contribution in [0.25, 0.3) is 0 Å². The van der Waals surface area contributed by atoms with Crippen molar-refractivity contribution < 1.29 is 14.3 Å². The van der Waals surface area contributed by atoms with Gasteiger partial charge in [0.2, 0.25) is 11.8 Å². The number of likely N-dealkylation sites (tertiary alicyclic amines) is 1. The van der Waals surface area contributed by atoms with Crippen molar-refractivity contribution in [1.82, 2.24) is 15.1 Å². The van der Waals surface area contributed by atoms with E-state index in [1.165, 1.54) is 17.5 Å². The van der Waals surface area contributed by atoms with Crippen molar-refractivity contribution in [3.8, 4) is 5.75 Å². The number of carbonyl (C=O) groups is 2. The van der Waals surface area contributed by atoms with Gasteiger partial charge in [-0.25, -0.2) is 0 Å². The zero-order valence-electron chi connectivity index (χ0n) is 18.2. The Bertz CT molecular complexity index is 883. The minimum atomic E-state index is 0.146. The van der Waals surface area contributed by atoms with E-state index in [0.717, 1.165) is 64.1 Å².